The van der Waals surface area contributed by atoms with Crippen molar-refractivity contribution in [3.8, 4) is 0 Å². The second-order valence-corrected chi connectivity index (χ2v) is 9.62. The van der Waals surface area contributed by atoms with Gasteiger partial charge in [-0.1, -0.05) is 25.1 Å². The SMILES string of the molecule is C[C@@H]1CCCN(S(=O)(=O)c2ccc(NC(=O)CCNC(=O)Nc3ccccc3)cc2)C1. The van der Waals surface area contributed by atoms with Gasteiger partial charge in [0.15, 0.2) is 0 Å². The van der Waals surface area contributed by atoms with Crippen LogP contribution in [0.2, 0.25) is 0 Å². The van der Waals surface area contributed by atoms with Crippen LogP contribution in [0.15, 0.2) is 59.5 Å². The Hall–Kier alpha value is -2.91. The second kappa shape index (κ2) is 10.4. The molecule has 0 saturated carbocycles. The fourth-order valence-corrected chi connectivity index (χ4v) is 5.03. The molecule has 31 heavy (non-hydrogen) atoms. The normalized spacial score (nSPS) is 17.0. The number of para-hydroxylation sites is 1. The first-order chi connectivity index (χ1) is 14.8. The van der Waals surface area contributed by atoms with Gasteiger partial charge < -0.3 is 16.0 Å². The number of sulfonamides is 1. The predicted octanol–water partition coefficient (Wildman–Crippen LogP) is 3.26. The monoisotopic (exact) mass is 444 g/mol. The zero-order chi connectivity index (χ0) is 22.3. The molecule has 3 N–H and O–H groups in total. The number of nitrogens with zero attached hydrogens (tertiary/aromatic N) is 1. The Kier molecular flexibility index (Phi) is 7.64. The van der Waals surface area contributed by atoms with E-state index in [2.05, 4.69) is 22.9 Å². The van der Waals surface area contributed by atoms with Crippen molar-refractivity contribution in [1.29, 1.82) is 0 Å². The highest BCUT2D eigenvalue weighted by Gasteiger charge is 2.28. The van der Waals surface area contributed by atoms with Crippen molar-refractivity contribution in [3.05, 3.63) is 54.6 Å². The zero-order valence-electron chi connectivity index (χ0n) is 17.5. The smallest absolute Gasteiger partial charge is 0.319 e. The van der Waals surface area contributed by atoms with Gasteiger partial charge in [-0.15, -0.1) is 0 Å². The van der Waals surface area contributed by atoms with Gasteiger partial charge in [0.2, 0.25) is 15.9 Å². The van der Waals surface area contributed by atoms with Gasteiger partial charge in [-0.3, -0.25) is 4.79 Å². The molecule has 0 aliphatic carbocycles. The van der Waals surface area contributed by atoms with Crippen molar-refractivity contribution in [2.45, 2.75) is 31.1 Å². The molecule has 8 nitrogen and oxygen atoms in total. The van der Waals surface area contributed by atoms with E-state index in [-0.39, 0.29) is 29.8 Å². The lowest BCUT2D eigenvalue weighted by molar-refractivity contribution is -0.116. The van der Waals surface area contributed by atoms with E-state index in [1.807, 2.05) is 18.2 Å². The van der Waals surface area contributed by atoms with E-state index in [4.69, 9.17) is 0 Å². The third-order valence-corrected chi connectivity index (χ3v) is 6.94. The summed E-state index contributed by atoms with van der Waals surface area (Å²) in [5, 5.41) is 8.01. The lowest BCUT2D eigenvalue weighted by Gasteiger charge is -2.30. The summed E-state index contributed by atoms with van der Waals surface area (Å²) in [6.07, 6.45) is 2.00. The quantitative estimate of drug-likeness (QED) is 0.609. The van der Waals surface area contributed by atoms with Crippen LogP contribution in [0, 0.1) is 5.92 Å². The first kappa shape index (κ1) is 22.8. The maximum Gasteiger partial charge on any atom is 0.319 e. The second-order valence-electron chi connectivity index (χ2n) is 7.68. The Morgan fingerprint density at radius 2 is 1.68 bits per heavy atom. The van der Waals surface area contributed by atoms with Gasteiger partial charge in [-0.25, -0.2) is 13.2 Å². The number of carbonyl (C=O) groups is 2. The van der Waals surface area contributed by atoms with E-state index in [1.54, 1.807) is 24.3 Å². The van der Waals surface area contributed by atoms with E-state index in [9.17, 15) is 18.0 Å². The topological polar surface area (TPSA) is 108 Å². The number of anilines is 2. The van der Waals surface area contributed by atoms with E-state index in [1.165, 1.54) is 16.4 Å². The molecule has 1 heterocycles. The molecule has 0 spiro atoms. The van der Waals surface area contributed by atoms with Gasteiger partial charge in [0.1, 0.15) is 0 Å². The Balaban J connectivity index is 1.46. The van der Waals surface area contributed by atoms with Crippen molar-refractivity contribution < 1.29 is 18.0 Å². The average Bonchev–Trinajstić information content (AvgIpc) is 2.75. The molecule has 0 radical (unpaired) electrons. The highest BCUT2D eigenvalue weighted by molar-refractivity contribution is 7.89. The fourth-order valence-electron chi connectivity index (χ4n) is 3.43. The molecule has 3 amide bonds. The zero-order valence-corrected chi connectivity index (χ0v) is 18.3. The number of urea groups is 1. The Labute approximate surface area is 183 Å². The Morgan fingerprint density at radius 3 is 2.35 bits per heavy atom. The fraction of sp³-hybridized carbons (Fsp3) is 0.364. The number of hydrogen-bond acceptors (Lipinski definition) is 4. The van der Waals surface area contributed by atoms with Crippen LogP contribution in [-0.4, -0.2) is 44.3 Å². The number of hydrogen-bond donors (Lipinski definition) is 3. The predicted molar refractivity (Wildman–Crippen MR) is 120 cm³/mol. The van der Waals surface area contributed by atoms with Crippen LogP contribution < -0.4 is 16.0 Å². The summed E-state index contributed by atoms with van der Waals surface area (Å²) >= 11 is 0. The molecular formula is C22H28N4O4S. The minimum atomic E-state index is -3.52. The number of rotatable bonds is 7. The van der Waals surface area contributed by atoms with Crippen molar-refractivity contribution in [3.63, 3.8) is 0 Å². The number of amides is 3. The molecule has 2 aromatic rings. The molecule has 1 fully saturated rings. The number of benzene rings is 2. The number of piperidine rings is 1. The molecule has 0 aromatic heterocycles. The summed E-state index contributed by atoms with van der Waals surface area (Å²) in [6.45, 7) is 3.30. The van der Waals surface area contributed by atoms with E-state index in [0.29, 0.717) is 30.4 Å². The third kappa shape index (κ3) is 6.53. The molecule has 3 rings (SSSR count). The summed E-state index contributed by atoms with van der Waals surface area (Å²) in [7, 11) is -3.52. The van der Waals surface area contributed by atoms with Crippen molar-refractivity contribution in [1.82, 2.24) is 9.62 Å². The molecule has 1 aliphatic rings. The number of nitrogens with one attached hydrogen (secondary N) is 3. The van der Waals surface area contributed by atoms with Crippen LogP contribution in [-0.2, 0) is 14.8 Å². The summed E-state index contributed by atoms with van der Waals surface area (Å²) in [6, 6.07) is 14.8. The van der Waals surface area contributed by atoms with Gasteiger partial charge >= 0.3 is 6.03 Å². The molecule has 1 atom stereocenters. The van der Waals surface area contributed by atoms with E-state index >= 15 is 0 Å². The molecule has 1 saturated heterocycles. The molecular weight excluding hydrogens is 416 g/mol. The molecule has 0 bridgehead atoms. The van der Waals surface area contributed by atoms with Crippen molar-refractivity contribution >= 4 is 33.3 Å². The Bertz CT molecular complexity index is 994. The summed E-state index contributed by atoms with van der Waals surface area (Å²) in [5.74, 6) is 0.0749. The van der Waals surface area contributed by atoms with Gasteiger partial charge in [0.25, 0.3) is 0 Å². The van der Waals surface area contributed by atoms with Gasteiger partial charge in [0, 0.05) is 37.4 Å². The molecule has 166 valence electrons. The van der Waals surface area contributed by atoms with Gasteiger partial charge in [-0.05, 0) is 55.2 Å². The largest absolute Gasteiger partial charge is 0.337 e. The maximum atomic E-state index is 12.8. The van der Waals surface area contributed by atoms with Crippen LogP contribution in [0.25, 0.3) is 0 Å². The maximum absolute atomic E-state index is 12.8. The summed E-state index contributed by atoms with van der Waals surface area (Å²) in [5.41, 5.74) is 1.17. The van der Waals surface area contributed by atoms with Crippen LogP contribution in [0.4, 0.5) is 16.2 Å². The highest BCUT2D eigenvalue weighted by Crippen LogP contribution is 2.24. The molecule has 0 unspecified atom stereocenters. The van der Waals surface area contributed by atoms with Crippen LogP contribution in [0.3, 0.4) is 0 Å². The summed E-state index contributed by atoms with van der Waals surface area (Å²) in [4.78, 5) is 24.1. The highest BCUT2D eigenvalue weighted by atomic mass is 32.2. The average molecular weight is 445 g/mol. The van der Waals surface area contributed by atoms with Gasteiger partial charge in [-0.2, -0.15) is 4.31 Å². The van der Waals surface area contributed by atoms with Crippen LogP contribution in [0.5, 0.6) is 0 Å². The van der Waals surface area contributed by atoms with Crippen LogP contribution in [0.1, 0.15) is 26.2 Å². The minimum absolute atomic E-state index is 0.0912. The first-order valence-electron chi connectivity index (χ1n) is 10.3. The standard InChI is InChI=1S/C22H28N4O4S/c1-17-6-5-15-26(16-17)31(29,30)20-11-9-19(10-12-20)24-21(27)13-14-23-22(28)25-18-7-3-2-4-8-18/h2-4,7-12,17H,5-6,13-16H2,1H3,(H,24,27)(H2,23,25,28)/t17-/m1/s1. The van der Waals surface area contributed by atoms with E-state index < -0.39 is 10.0 Å². The lowest BCUT2D eigenvalue weighted by Crippen LogP contribution is -2.39. The first-order valence-corrected chi connectivity index (χ1v) is 11.8. The van der Waals surface area contributed by atoms with Crippen molar-refractivity contribution in [2.24, 2.45) is 5.92 Å². The number of carbonyl (C=O) groups excluding carboxylic acids is 2. The third-order valence-electron chi connectivity index (χ3n) is 5.06. The molecule has 9 heteroatoms. The van der Waals surface area contributed by atoms with E-state index in [0.717, 1.165) is 12.8 Å². The molecule has 1 aliphatic heterocycles. The van der Waals surface area contributed by atoms with Gasteiger partial charge in [0.05, 0.1) is 4.90 Å². The van der Waals surface area contributed by atoms with Crippen molar-refractivity contribution in [2.75, 3.05) is 30.3 Å². The lowest BCUT2D eigenvalue weighted by atomic mass is 10.0. The molecule has 2 aromatic carbocycles. The van der Waals surface area contributed by atoms with Crippen LogP contribution >= 0.6 is 0 Å². The Morgan fingerprint density at radius 1 is 1.00 bits per heavy atom. The minimum Gasteiger partial charge on any atom is -0.337 e. The summed E-state index contributed by atoms with van der Waals surface area (Å²) < 4.78 is 27.1.